The number of benzene rings is 3. The number of piperidine rings is 2. The fourth-order valence-corrected chi connectivity index (χ4v) is 9.12. The van der Waals surface area contributed by atoms with Crippen LogP contribution in [0.15, 0.2) is 85.2 Å². The second-order valence-electron chi connectivity index (χ2n) is 18.9. The summed E-state index contributed by atoms with van der Waals surface area (Å²) in [6, 6.07) is 24.2. The van der Waals surface area contributed by atoms with Gasteiger partial charge >= 0.3 is 29.6 Å². The first-order valence-corrected chi connectivity index (χ1v) is 26.3. The van der Waals surface area contributed by atoms with Crippen LogP contribution in [0.4, 0.5) is 11.4 Å². The predicted molar refractivity (Wildman–Crippen MR) is 285 cm³/mol. The third-order valence-corrected chi connectivity index (χ3v) is 13.3. The van der Waals surface area contributed by atoms with Gasteiger partial charge in [0.1, 0.15) is 6.04 Å². The molecule has 2 aromatic heterocycles. The molecule has 5 aromatic rings. The molecule has 8 rings (SSSR count). The number of ether oxygens (including phenoxy) is 5. The van der Waals surface area contributed by atoms with Gasteiger partial charge in [0.2, 0.25) is 17.7 Å². The molecule has 3 aliphatic heterocycles. The van der Waals surface area contributed by atoms with E-state index in [1.807, 2.05) is 48.8 Å². The van der Waals surface area contributed by atoms with Gasteiger partial charge in [-0.05, 0) is 88.6 Å². The van der Waals surface area contributed by atoms with Gasteiger partial charge < -0.3 is 55.8 Å². The molecule has 2 fully saturated rings. The van der Waals surface area contributed by atoms with Gasteiger partial charge in [0.25, 0.3) is 5.91 Å². The third kappa shape index (κ3) is 18.5. The van der Waals surface area contributed by atoms with Gasteiger partial charge in [-0.2, -0.15) is 11.2 Å². The normalized spacial score (nSPS) is 15.8. The van der Waals surface area contributed by atoms with Gasteiger partial charge in [0.15, 0.2) is 11.6 Å². The summed E-state index contributed by atoms with van der Waals surface area (Å²) in [6.07, 6.45) is 14.6. The van der Waals surface area contributed by atoms with Crippen LogP contribution in [0.2, 0.25) is 0 Å². The maximum atomic E-state index is 13.0. The Hall–Kier alpha value is -6.06. The Morgan fingerprint density at radius 2 is 1.56 bits per heavy atom. The molecular weight excluding hydrogens is 994 g/mol. The van der Waals surface area contributed by atoms with Crippen LogP contribution in [-0.4, -0.2) is 139 Å². The van der Waals surface area contributed by atoms with Crippen molar-refractivity contribution in [2.24, 2.45) is 0 Å². The van der Waals surface area contributed by atoms with Crippen molar-refractivity contribution >= 4 is 41.3 Å². The summed E-state index contributed by atoms with van der Waals surface area (Å²) in [5, 5.41) is 16.4. The number of hydrogen-bond donors (Lipinski definition) is 4. The molecule has 0 radical (unpaired) electrons. The van der Waals surface area contributed by atoms with Gasteiger partial charge in [-0.3, -0.25) is 34.6 Å². The molecule has 0 aliphatic carbocycles. The Labute approximate surface area is 473 Å². The van der Waals surface area contributed by atoms with Crippen LogP contribution in [0, 0.1) is 13.0 Å². The monoisotopic (exact) mass is 1060 g/mol. The van der Waals surface area contributed by atoms with Crippen molar-refractivity contribution in [1.29, 1.82) is 0 Å². The molecule has 4 amide bonds. The average molecular weight is 1060 g/mol. The SMILES string of the molecule is CN1CCC(Nc2cccc([C-]=O)c2)(c2nc(-c3ccncc3)n[nH]2)CC1.[CH2-]COc1[c-]cc(OCCCCCCOCCOCCOCCCCCC(=O)Nc2cccc3c2CN(C2CCC(=O)NC2=O)C3=O)cc1.[Na+]. The first-order chi connectivity index (χ1) is 37.1. The van der Waals surface area contributed by atoms with Crippen molar-refractivity contribution < 1.29 is 77.2 Å². The minimum atomic E-state index is -0.692. The van der Waals surface area contributed by atoms with Crippen LogP contribution in [0.25, 0.3) is 11.4 Å². The van der Waals surface area contributed by atoms with Crippen molar-refractivity contribution in [2.45, 2.75) is 95.2 Å². The third-order valence-electron chi connectivity index (χ3n) is 13.3. The summed E-state index contributed by atoms with van der Waals surface area (Å²) in [7, 11) is 2.12. The van der Waals surface area contributed by atoms with E-state index in [0.29, 0.717) is 99.5 Å². The van der Waals surface area contributed by atoms with E-state index in [0.717, 1.165) is 93.9 Å². The number of H-pyrrole nitrogens is 1. The summed E-state index contributed by atoms with van der Waals surface area (Å²) in [5.74, 6) is 1.75. The fourth-order valence-electron chi connectivity index (χ4n) is 9.12. The first-order valence-electron chi connectivity index (χ1n) is 26.3. The number of nitrogens with one attached hydrogen (secondary N) is 4. The van der Waals surface area contributed by atoms with Crippen LogP contribution in [0.5, 0.6) is 11.5 Å². The van der Waals surface area contributed by atoms with E-state index < -0.39 is 11.9 Å². The summed E-state index contributed by atoms with van der Waals surface area (Å²) in [4.78, 5) is 73.1. The zero-order valence-electron chi connectivity index (χ0n) is 44.4. The van der Waals surface area contributed by atoms with E-state index in [9.17, 15) is 24.0 Å². The number of rotatable bonds is 29. The van der Waals surface area contributed by atoms with Crippen molar-refractivity contribution in [3.8, 4) is 22.9 Å². The molecule has 77 heavy (non-hydrogen) atoms. The Kier molecular flexibility index (Phi) is 25.0. The molecule has 1 atom stereocenters. The van der Waals surface area contributed by atoms with Crippen molar-refractivity contribution in [3.05, 3.63) is 121 Å². The van der Waals surface area contributed by atoms with E-state index in [1.165, 1.54) is 4.90 Å². The van der Waals surface area contributed by atoms with Crippen molar-refractivity contribution in [1.82, 2.24) is 35.3 Å². The predicted octanol–water partition coefficient (Wildman–Crippen LogP) is 4.01. The molecule has 3 aliphatic rings. The average Bonchev–Trinajstić information content (AvgIpc) is 4.10. The van der Waals surface area contributed by atoms with Crippen LogP contribution in [0.1, 0.15) is 104 Å². The number of aromatic nitrogens is 4. The zero-order valence-corrected chi connectivity index (χ0v) is 46.4. The fraction of sp³-hybridized carbons (Fsp3) is 0.456. The number of nitrogens with zero attached hydrogens (tertiary/aromatic N) is 5. The maximum absolute atomic E-state index is 13.0. The van der Waals surface area contributed by atoms with Gasteiger partial charge in [-0.15, -0.1) is 42.0 Å². The zero-order chi connectivity index (χ0) is 53.4. The number of fused-ring (bicyclic) bond motifs is 1. The standard InChI is InChI=1S/C37H49N3O9.C20H21N6O.Na/c1-2-48-28-14-16-29(17-15-28)49-22-9-4-3-7-20-45-23-25-47-26-24-46-21-8-5-6-13-34(41)38-32-12-10-11-30-31(32)27-40(37(30)44)33-18-19-35(42)39-36(33)43;1-26-11-7-20(8-12-26,23-17-4-2-3-15(13-17)14-27)19-22-18(24-25-19)16-5-9-21-10-6-16;/h10-12,14,16-17,33H,1-9,13,18-27H2,(H,38,41)(H,39,42,43);2-6,9-10,13,23H,7-8,11-12H2,1H3,(H,22,24,25);/q-2;-1;+1. The van der Waals surface area contributed by atoms with E-state index in [-0.39, 0.29) is 65.8 Å². The Morgan fingerprint density at radius 1 is 0.857 bits per heavy atom. The number of amides is 4. The molecule has 0 bridgehead atoms. The number of imide groups is 1. The minimum absolute atomic E-state index is 0. The number of unbranched alkanes of at least 4 members (excludes halogenated alkanes) is 5. The molecule has 406 valence electrons. The number of hydrogen-bond acceptors (Lipinski definition) is 15. The number of carbonyl (C=O) groups is 4. The molecular formula is C57H70N9NaO10-2. The van der Waals surface area contributed by atoms with Gasteiger partial charge in [-0.1, -0.05) is 31.4 Å². The Balaban J connectivity index is 0.000000288. The van der Waals surface area contributed by atoms with E-state index in [2.05, 4.69) is 56.1 Å². The largest absolute Gasteiger partial charge is 1.00 e. The molecule has 3 aromatic carbocycles. The van der Waals surface area contributed by atoms with Gasteiger partial charge in [0, 0.05) is 92.0 Å². The Bertz CT molecular complexity index is 2630. The molecule has 4 N–H and O–H groups in total. The summed E-state index contributed by atoms with van der Waals surface area (Å²) in [5.41, 5.74) is 3.70. The van der Waals surface area contributed by atoms with Crippen molar-refractivity contribution in [2.75, 3.05) is 83.6 Å². The van der Waals surface area contributed by atoms with E-state index in [4.69, 9.17) is 28.7 Å². The van der Waals surface area contributed by atoms with Gasteiger partial charge in [-0.25, -0.2) is 4.98 Å². The quantitative estimate of drug-likeness (QED) is 0.0230. The number of anilines is 2. The van der Waals surface area contributed by atoms with Crippen LogP contribution in [-0.2, 0) is 45.5 Å². The van der Waals surface area contributed by atoms with Crippen LogP contribution in [0.3, 0.4) is 0 Å². The molecule has 0 spiro atoms. The van der Waals surface area contributed by atoms with Crippen LogP contribution >= 0.6 is 0 Å². The number of aromatic amines is 1. The number of pyridine rings is 1. The summed E-state index contributed by atoms with van der Waals surface area (Å²) in [6.45, 7) is 10.3. The van der Waals surface area contributed by atoms with Gasteiger partial charge in [0.05, 0.1) is 44.9 Å². The van der Waals surface area contributed by atoms with E-state index in [1.54, 1.807) is 42.7 Å². The second-order valence-corrected chi connectivity index (χ2v) is 18.9. The Morgan fingerprint density at radius 3 is 2.25 bits per heavy atom. The molecule has 2 saturated heterocycles. The van der Waals surface area contributed by atoms with Crippen molar-refractivity contribution in [3.63, 3.8) is 0 Å². The second kappa shape index (κ2) is 32.0. The molecule has 19 nitrogen and oxygen atoms in total. The summed E-state index contributed by atoms with van der Waals surface area (Å²) < 4.78 is 27.8. The van der Waals surface area contributed by atoms with Crippen LogP contribution < -0.4 is 55.0 Å². The number of likely N-dealkylation sites (tertiary alicyclic amines) is 1. The number of carbonyl (C=O) groups excluding carboxylic acids is 5. The first kappa shape index (κ1) is 60.2. The van der Waals surface area contributed by atoms with E-state index >= 15 is 0 Å². The summed E-state index contributed by atoms with van der Waals surface area (Å²) >= 11 is 0. The molecule has 20 heteroatoms. The topological polar surface area (TPSA) is 229 Å². The minimum Gasteiger partial charge on any atom is -0.551 e. The molecule has 0 saturated carbocycles. The smallest absolute Gasteiger partial charge is 0.551 e. The molecule has 1 unspecified atom stereocenters. The maximum Gasteiger partial charge on any atom is 1.00 e. The molecule has 5 heterocycles.